The van der Waals surface area contributed by atoms with Gasteiger partial charge >= 0.3 is 0 Å². The molecule has 0 aliphatic rings. The second kappa shape index (κ2) is 7.94. The van der Waals surface area contributed by atoms with Crippen molar-refractivity contribution in [3.63, 3.8) is 0 Å². The van der Waals surface area contributed by atoms with Crippen LogP contribution >= 0.6 is 11.3 Å². The van der Waals surface area contributed by atoms with Crippen LogP contribution in [0.25, 0.3) is 0 Å². The summed E-state index contributed by atoms with van der Waals surface area (Å²) in [5, 5.41) is 5.45. The molecule has 0 spiro atoms. The molecule has 102 valence electrons. The lowest BCUT2D eigenvalue weighted by atomic mass is 10.2. The molecule has 2 rings (SSSR count). The zero-order chi connectivity index (χ0) is 13.3. The summed E-state index contributed by atoms with van der Waals surface area (Å²) < 4.78 is 10.8. The Bertz CT molecular complexity index is 471. The first kappa shape index (κ1) is 14.1. The molecule has 4 heteroatoms. The van der Waals surface area contributed by atoms with Crippen LogP contribution in [0.1, 0.15) is 10.4 Å². The number of ether oxygens (including phenoxy) is 2. The van der Waals surface area contributed by atoms with Gasteiger partial charge < -0.3 is 14.8 Å². The molecule has 0 fully saturated rings. The minimum atomic E-state index is 0.623. The number of hydrogen-bond acceptors (Lipinski definition) is 4. The van der Waals surface area contributed by atoms with Crippen molar-refractivity contribution in [3.05, 3.63) is 52.2 Å². The van der Waals surface area contributed by atoms with Crippen LogP contribution < -0.4 is 10.1 Å². The van der Waals surface area contributed by atoms with Crippen molar-refractivity contribution < 1.29 is 9.47 Å². The minimum Gasteiger partial charge on any atom is -0.497 e. The highest BCUT2D eigenvalue weighted by atomic mass is 32.1. The average Bonchev–Trinajstić information content (AvgIpc) is 2.96. The third-order valence-electron chi connectivity index (χ3n) is 2.71. The van der Waals surface area contributed by atoms with Gasteiger partial charge in [-0.05, 0) is 29.1 Å². The highest BCUT2D eigenvalue weighted by Gasteiger charge is 1.97. The van der Waals surface area contributed by atoms with Crippen LogP contribution in [-0.2, 0) is 17.9 Å². The summed E-state index contributed by atoms with van der Waals surface area (Å²) in [7, 11) is 1.68. The van der Waals surface area contributed by atoms with Gasteiger partial charge in [0, 0.05) is 18.0 Å². The van der Waals surface area contributed by atoms with Crippen molar-refractivity contribution in [3.8, 4) is 5.75 Å². The molecule has 0 amide bonds. The number of rotatable bonds is 8. The lowest BCUT2D eigenvalue weighted by molar-refractivity contribution is 0.122. The third kappa shape index (κ3) is 5.03. The molecular weight excluding hydrogens is 258 g/mol. The zero-order valence-electron chi connectivity index (χ0n) is 11.1. The van der Waals surface area contributed by atoms with Gasteiger partial charge in [-0.2, -0.15) is 0 Å². The SMILES string of the molecule is COc1cccc(COCCNCc2cccs2)c1. The van der Waals surface area contributed by atoms with E-state index in [0.717, 1.165) is 24.4 Å². The standard InChI is InChI=1S/C15H19NO2S/c1-17-14-5-2-4-13(10-14)12-18-8-7-16-11-15-6-3-9-19-15/h2-6,9-10,16H,7-8,11-12H2,1H3. The second-order valence-corrected chi connectivity index (χ2v) is 5.19. The van der Waals surface area contributed by atoms with E-state index >= 15 is 0 Å². The largest absolute Gasteiger partial charge is 0.497 e. The summed E-state index contributed by atoms with van der Waals surface area (Å²) in [5.74, 6) is 0.872. The summed E-state index contributed by atoms with van der Waals surface area (Å²) in [6.45, 7) is 3.11. The van der Waals surface area contributed by atoms with Crippen molar-refractivity contribution in [2.45, 2.75) is 13.2 Å². The first-order valence-corrected chi connectivity index (χ1v) is 7.20. The van der Waals surface area contributed by atoms with Gasteiger partial charge in [-0.3, -0.25) is 0 Å². The van der Waals surface area contributed by atoms with Gasteiger partial charge in [0.15, 0.2) is 0 Å². The molecule has 0 radical (unpaired) electrons. The van der Waals surface area contributed by atoms with E-state index in [9.17, 15) is 0 Å². The Kier molecular flexibility index (Phi) is 5.88. The van der Waals surface area contributed by atoms with E-state index in [1.807, 2.05) is 24.3 Å². The fourth-order valence-corrected chi connectivity index (χ4v) is 2.40. The van der Waals surface area contributed by atoms with Gasteiger partial charge in [-0.1, -0.05) is 18.2 Å². The Morgan fingerprint density at radius 1 is 1.21 bits per heavy atom. The number of hydrogen-bond donors (Lipinski definition) is 1. The maximum absolute atomic E-state index is 5.62. The molecule has 1 N–H and O–H groups in total. The Morgan fingerprint density at radius 3 is 2.95 bits per heavy atom. The molecule has 1 aromatic carbocycles. The van der Waals surface area contributed by atoms with E-state index in [1.165, 1.54) is 4.88 Å². The fraction of sp³-hybridized carbons (Fsp3) is 0.333. The molecule has 3 nitrogen and oxygen atoms in total. The first-order chi connectivity index (χ1) is 9.38. The highest BCUT2D eigenvalue weighted by molar-refractivity contribution is 7.09. The highest BCUT2D eigenvalue weighted by Crippen LogP contribution is 2.13. The Hall–Kier alpha value is -1.36. The summed E-state index contributed by atoms with van der Waals surface area (Å²) >= 11 is 1.77. The van der Waals surface area contributed by atoms with E-state index in [1.54, 1.807) is 18.4 Å². The van der Waals surface area contributed by atoms with E-state index < -0.39 is 0 Å². The van der Waals surface area contributed by atoms with Gasteiger partial charge in [-0.25, -0.2) is 0 Å². The minimum absolute atomic E-state index is 0.623. The summed E-state index contributed by atoms with van der Waals surface area (Å²) in [4.78, 5) is 1.35. The maximum Gasteiger partial charge on any atom is 0.119 e. The monoisotopic (exact) mass is 277 g/mol. The van der Waals surface area contributed by atoms with E-state index in [4.69, 9.17) is 9.47 Å². The summed E-state index contributed by atoms with van der Waals surface area (Å²) in [5.41, 5.74) is 1.14. The van der Waals surface area contributed by atoms with Crippen molar-refractivity contribution >= 4 is 11.3 Å². The Balaban J connectivity index is 1.58. The molecule has 0 bridgehead atoms. The van der Waals surface area contributed by atoms with Crippen LogP contribution in [0.4, 0.5) is 0 Å². The van der Waals surface area contributed by atoms with E-state index in [2.05, 4.69) is 22.8 Å². The fourth-order valence-electron chi connectivity index (χ4n) is 1.72. The molecule has 0 saturated heterocycles. The van der Waals surface area contributed by atoms with Gasteiger partial charge in [0.2, 0.25) is 0 Å². The van der Waals surface area contributed by atoms with E-state index in [-0.39, 0.29) is 0 Å². The normalized spacial score (nSPS) is 10.6. The lowest BCUT2D eigenvalue weighted by Crippen LogP contribution is -2.18. The molecule has 0 saturated carbocycles. The Morgan fingerprint density at radius 2 is 2.16 bits per heavy atom. The van der Waals surface area contributed by atoms with E-state index in [0.29, 0.717) is 13.2 Å². The van der Waals surface area contributed by atoms with Crippen LogP contribution in [0.15, 0.2) is 41.8 Å². The molecule has 0 atom stereocenters. The molecule has 1 heterocycles. The number of benzene rings is 1. The quantitative estimate of drug-likeness (QED) is 0.752. The lowest BCUT2D eigenvalue weighted by Gasteiger charge is -2.07. The molecule has 0 aliphatic carbocycles. The van der Waals surface area contributed by atoms with Crippen LogP contribution in [0, 0.1) is 0 Å². The molecule has 0 aliphatic heterocycles. The summed E-state index contributed by atoms with van der Waals surface area (Å²) in [6.07, 6.45) is 0. The zero-order valence-corrected chi connectivity index (χ0v) is 11.9. The second-order valence-electron chi connectivity index (χ2n) is 4.16. The molecular formula is C15H19NO2S. The van der Waals surface area contributed by atoms with Gasteiger partial charge in [0.05, 0.1) is 20.3 Å². The van der Waals surface area contributed by atoms with Gasteiger partial charge in [-0.15, -0.1) is 11.3 Å². The van der Waals surface area contributed by atoms with Crippen molar-refractivity contribution in [1.29, 1.82) is 0 Å². The third-order valence-corrected chi connectivity index (χ3v) is 3.58. The number of methoxy groups -OCH3 is 1. The van der Waals surface area contributed by atoms with Crippen LogP contribution in [-0.4, -0.2) is 20.3 Å². The van der Waals surface area contributed by atoms with Crippen LogP contribution in [0.5, 0.6) is 5.75 Å². The van der Waals surface area contributed by atoms with Crippen LogP contribution in [0.3, 0.4) is 0 Å². The molecule has 19 heavy (non-hydrogen) atoms. The number of thiophene rings is 1. The Labute approximate surface area is 118 Å². The first-order valence-electron chi connectivity index (χ1n) is 6.32. The van der Waals surface area contributed by atoms with Gasteiger partial charge in [0.1, 0.15) is 5.75 Å². The van der Waals surface area contributed by atoms with Crippen molar-refractivity contribution in [1.82, 2.24) is 5.32 Å². The average molecular weight is 277 g/mol. The summed E-state index contributed by atoms with van der Waals surface area (Å²) in [6, 6.07) is 12.2. The number of nitrogens with one attached hydrogen (secondary N) is 1. The van der Waals surface area contributed by atoms with Crippen molar-refractivity contribution in [2.24, 2.45) is 0 Å². The maximum atomic E-state index is 5.62. The predicted molar refractivity (Wildman–Crippen MR) is 78.7 cm³/mol. The predicted octanol–water partition coefficient (Wildman–Crippen LogP) is 3.06. The topological polar surface area (TPSA) is 30.5 Å². The van der Waals surface area contributed by atoms with Crippen molar-refractivity contribution in [2.75, 3.05) is 20.3 Å². The molecule has 0 unspecified atom stereocenters. The van der Waals surface area contributed by atoms with Gasteiger partial charge in [0.25, 0.3) is 0 Å². The molecule has 1 aromatic heterocycles. The van der Waals surface area contributed by atoms with Crippen LogP contribution in [0.2, 0.25) is 0 Å². The molecule has 2 aromatic rings. The smallest absolute Gasteiger partial charge is 0.119 e.